The van der Waals surface area contributed by atoms with Crippen LogP contribution in [0.3, 0.4) is 0 Å². The van der Waals surface area contributed by atoms with Crippen LogP contribution in [-0.2, 0) is 14.8 Å². The molecule has 0 N–H and O–H groups in total. The van der Waals surface area contributed by atoms with Crippen LogP contribution in [0.25, 0.3) is 0 Å². The molecule has 1 atom stereocenters. The van der Waals surface area contributed by atoms with Crippen molar-refractivity contribution in [3.8, 4) is 0 Å². The van der Waals surface area contributed by atoms with Gasteiger partial charge in [-0.2, -0.15) is 4.31 Å². The van der Waals surface area contributed by atoms with Crippen molar-refractivity contribution in [1.29, 1.82) is 0 Å². The molecule has 0 bridgehead atoms. The molecule has 2 aromatic rings. The Hall–Kier alpha value is -2.51. The fraction of sp³-hybridized carbons (Fsp3) is 0.364. The number of ketones is 1. The van der Waals surface area contributed by atoms with Crippen molar-refractivity contribution >= 4 is 21.7 Å². The topological polar surface area (TPSA) is 74.8 Å². The summed E-state index contributed by atoms with van der Waals surface area (Å²) >= 11 is 0. The summed E-state index contributed by atoms with van der Waals surface area (Å²) in [6.45, 7) is 4.58. The molecule has 1 aliphatic rings. The molecule has 0 aliphatic carbocycles. The Kier molecular flexibility index (Phi) is 6.49. The Morgan fingerprint density at radius 1 is 0.966 bits per heavy atom. The molecule has 0 aromatic heterocycles. The van der Waals surface area contributed by atoms with Gasteiger partial charge in [0.25, 0.3) is 0 Å². The first kappa shape index (κ1) is 21.2. The number of Topliss-reactive ketones (excluding diaryl/α,β-unsaturated/α-hetero) is 1. The first-order valence-electron chi connectivity index (χ1n) is 9.79. The highest BCUT2D eigenvalue weighted by molar-refractivity contribution is 7.89. The van der Waals surface area contributed by atoms with Gasteiger partial charge in [-0.25, -0.2) is 8.42 Å². The lowest BCUT2D eigenvalue weighted by atomic mass is 9.95. The summed E-state index contributed by atoms with van der Waals surface area (Å²) in [6, 6.07) is 15.8. The van der Waals surface area contributed by atoms with Gasteiger partial charge in [0.05, 0.1) is 10.8 Å². The number of nitrogens with zero attached hydrogens (tertiary/aromatic N) is 2. The smallest absolute Gasteiger partial charge is 0.243 e. The Labute approximate surface area is 172 Å². The van der Waals surface area contributed by atoms with Crippen molar-refractivity contribution in [2.75, 3.05) is 26.2 Å². The molecule has 1 aliphatic heterocycles. The normalized spacial score (nSPS) is 16.4. The molecule has 7 heteroatoms. The maximum atomic E-state index is 13.0. The number of hydrogen-bond donors (Lipinski definition) is 0. The zero-order valence-corrected chi connectivity index (χ0v) is 17.6. The van der Waals surface area contributed by atoms with Crippen molar-refractivity contribution in [2.45, 2.75) is 31.1 Å². The maximum Gasteiger partial charge on any atom is 0.243 e. The summed E-state index contributed by atoms with van der Waals surface area (Å²) in [6.07, 6.45) is 0.694. The minimum atomic E-state index is -3.70. The van der Waals surface area contributed by atoms with Gasteiger partial charge in [0.1, 0.15) is 0 Å². The summed E-state index contributed by atoms with van der Waals surface area (Å²) in [5.41, 5.74) is 1.35. The van der Waals surface area contributed by atoms with Gasteiger partial charge in [-0.05, 0) is 31.0 Å². The second-order valence-electron chi connectivity index (χ2n) is 7.18. The van der Waals surface area contributed by atoms with Crippen LogP contribution < -0.4 is 0 Å². The van der Waals surface area contributed by atoms with Gasteiger partial charge in [0.15, 0.2) is 5.78 Å². The molecule has 2 aromatic carbocycles. The lowest BCUT2D eigenvalue weighted by molar-refractivity contribution is -0.134. The van der Waals surface area contributed by atoms with E-state index in [1.807, 2.05) is 37.3 Å². The average molecular weight is 415 g/mol. The Balaban J connectivity index is 1.70. The minimum absolute atomic E-state index is 0.0364. The van der Waals surface area contributed by atoms with E-state index in [1.54, 1.807) is 17.0 Å². The second-order valence-corrected chi connectivity index (χ2v) is 9.12. The SMILES string of the molecule is CC[C@@H](C(=O)N1CCN(S(=O)(=O)c2cccc(C(C)=O)c2)CC1)c1ccccc1. The van der Waals surface area contributed by atoms with Crippen LogP contribution in [0.4, 0.5) is 0 Å². The van der Waals surface area contributed by atoms with E-state index >= 15 is 0 Å². The zero-order chi connectivity index (χ0) is 21.0. The summed E-state index contributed by atoms with van der Waals surface area (Å²) in [7, 11) is -3.70. The predicted octanol–water partition coefficient (Wildman–Crippen LogP) is 2.92. The van der Waals surface area contributed by atoms with Gasteiger partial charge < -0.3 is 4.90 Å². The van der Waals surface area contributed by atoms with E-state index in [2.05, 4.69) is 0 Å². The van der Waals surface area contributed by atoms with E-state index in [0.29, 0.717) is 25.1 Å². The summed E-state index contributed by atoms with van der Waals surface area (Å²) in [4.78, 5) is 26.4. The van der Waals surface area contributed by atoms with Crippen LogP contribution in [0.5, 0.6) is 0 Å². The van der Waals surface area contributed by atoms with Crippen LogP contribution in [0.1, 0.15) is 42.1 Å². The number of carbonyl (C=O) groups excluding carboxylic acids is 2. The van der Waals surface area contributed by atoms with Crippen LogP contribution in [0.15, 0.2) is 59.5 Å². The van der Waals surface area contributed by atoms with Crippen molar-refractivity contribution in [3.05, 3.63) is 65.7 Å². The van der Waals surface area contributed by atoms with Crippen LogP contribution in [-0.4, -0.2) is 55.5 Å². The fourth-order valence-electron chi connectivity index (χ4n) is 3.63. The van der Waals surface area contributed by atoms with Crippen molar-refractivity contribution in [3.63, 3.8) is 0 Å². The molecule has 1 amide bonds. The molecule has 0 unspecified atom stereocenters. The van der Waals surface area contributed by atoms with Gasteiger partial charge in [-0.1, -0.05) is 49.4 Å². The lowest BCUT2D eigenvalue weighted by Crippen LogP contribution is -2.51. The standard InChI is InChI=1S/C22H26N2O4S/c1-3-21(18-8-5-4-6-9-18)22(26)23-12-14-24(15-13-23)29(27,28)20-11-7-10-19(16-20)17(2)25/h4-11,16,21H,3,12-15H2,1-2H3/t21-/m1/s1. The first-order chi connectivity index (χ1) is 13.8. The number of piperazine rings is 1. The highest BCUT2D eigenvalue weighted by Gasteiger charge is 2.32. The van der Waals surface area contributed by atoms with Crippen molar-refractivity contribution in [1.82, 2.24) is 9.21 Å². The molecule has 1 heterocycles. The molecule has 29 heavy (non-hydrogen) atoms. The molecule has 0 saturated carbocycles. The van der Waals surface area contributed by atoms with Crippen LogP contribution >= 0.6 is 0 Å². The molecule has 154 valence electrons. The minimum Gasteiger partial charge on any atom is -0.340 e. The molecule has 1 saturated heterocycles. The first-order valence-corrected chi connectivity index (χ1v) is 11.2. The van der Waals surface area contributed by atoms with Crippen molar-refractivity contribution < 1.29 is 18.0 Å². The molecule has 3 rings (SSSR count). The highest BCUT2D eigenvalue weighted by Crippen LogP contribution is 2.24. The molecule has 6 nitrogen and oxygen atoms in total. The molecule has 0 spiro atoms. The maximum absolute atomic E-state index is 13.0. The Morgan fingerprint density at radius 3 is 2.21 bits per heavy atom. The van der Waals surface area contributed by atoms with Crippen molar-refractivity contribution in [2.24, 2.45) is 0 Å². The molecule has 0 radical (unpaired) electrons. The van der Waals surface area contributed by atoms with Gasteiger partial charge in [-0.3, -0.25) is 9.59 Å². The number of amides is 1. The zero-order valence-electron chi connectivity index (χ0n) is 16.7. The number of sulfonamides is 1. The molecular formula is C22H26N2O4S. The second kappa shape index (κ2) is 8.88. The summed E-state index contributed by atoms with van der Waals surface area (Å²) in [5.74, 6) is -0.357. The monoisotopic (exact) mass is 414 g/mol. The highest BCUT2D eigenvalue weighted by atomic mass is 32.2. The van der Waals surface area contributed by atoms with E-state index in [9.17, 15) is 18.0 Å². The van der Waals surface area contributed by atoms with Gasteiger partial charge in [0, 0.05) is 31.7 Å². The fourth-order valence-corrected chi connectivity index (χ4v) is 5.10. The molecular weight excluding hydrogens is 388 g/mol. The number of hydrogen-bond acceptors (Lipinski definition) is 4. The van der Waals surface area contributed by atoms with E-state index in [-0.39, 0.29) is 35.6 Å². The summed E-state index contributed by atoms with van der Waals surface area (Å²) < 4.78 is 27.3. The third-order valence-electron chi connectivity index (χ3n) is 5.34. The van der Waals surface area contributed by atoms with E-state index in [1.165, 1.54) is 23.4 Å². The van der Waals surface area contributed by atoms with Crippen LogP contribution in [0.2, 0.25) is 0 Å². The Morgan fingerprint density at radius 2 is 1.62 bits per heavy atom. The lowest BCUT2D eigenvalue weighted by Gasteiger charge is -2.35. The van der Waals surface area contributed by atoms with Crippen LogP contribution in [0, 0.1) is 0 Å². The Bertz CT molecular complexity index is 981. The van der Waals surface area contributed by atoms with E-state index in [4.69, 9.17) is 0 Å². The van der Waals surface area contributed by atoms with Gasteiger partial charge >= 0.3 is 0 Å². The third kappa shape index (κ3) is 4.57. The quantitative estimate of drug-likeness (QED) is 0.681. The van der Waals surface area contributed by atoms with E-state index in [0.717, 1.165) is 5.56 Å². The number of benzene rings is 2. The number of carbonyl (C=O) groups is 2. The van der Waals surface area contributed by atoms with Gasteiger partial charge in [0.2, 0.25) is 15.9 Å². The predicted molar refractivity (Wildman–Crippen MR) is 111 cm³/mol. The third-order valence-corrected chi connectivity index (χ3v) is 7.23. The van der Waals surface area contributed by atoms with E-state index < -0.39 is 10.0 Å². The number of rotatable bonds is 6. The van der Waals surface area contributed by atoms with Gasteiger partial charge in [-0.15, -0.1) is 0 Å². The summed E-state index contributed by atoms with van der Waals surface area (Å²) in [5, 5.41) is 0. The average Bonchev–Trinajstić information content (AvgIpc) is 2.75. The largest absolute Gasteiger partial charge is 0.340 e. The molecule has 1 fully saturated rings.